The van der Waals surface area contributed by atoms with Crippen LogP contribution in [0.4, 0.5) is 11.4 Å². The first-order valence-electron chi connectivity index (χ1n) is 6.07. The normalized spacial score (nSPS) is 10.1. The van der Waals surface area contributed by atoms with E-state index < -0.39 is 0 Å². The zero-order chi connectivity index (χ0) is 13.7. The molecule has 2 rings (SSSR count). The number of benzene rings is 2. The van der Waals surface area contributed by atoms with Crippen molar-refractivity contribution in [2.24, 2.45) is 0 Å². The number of rotatable bonds is 5. The lowest BCUT2D eigenvalue weighted by atomic mass is 10.2. The van der Waals surface area contributed by atoms with E-state index in [1.165, 1.54) is 5.56 Å². The molecule has 0 atom stereocenters. The van der Waals surface area contributed by atoms with Crippen molar-refractivity contribution in [2.75, 3.05) is 24.8 Å². The highest BCUT2D eigenvalue weighted by Gasteiger charge is 2.03. The van der Waals surface area contributed by atoms with E-state index in [9.17, 15) is 0 Å². The van der Waals surface area contributed by atoms with Crippen LogP contribution in [0.15, 0.2) is 46.9 Å². The monoisotopic (exact) mass is 320 g/mol. The second-order valence-corrected chi connectivity index (χ2v) is 5.06. The average Bonchev–Trinajstić information content (AvgIpc) is 2.45. The molecule has 3 nitrogen and oxygen atoms in total. The summed E-state index contributed by atoms with van der Waals surface area (Å²) in [6.07, 6.45) is 0. The number of nitrogens with one attached hydrogen (secondary N) is 2. The molecule has 0 radical (unpaired) electrons. The molecule has 2 aromatic rings. The molecule has 0 aromatic heterocycles. The Morgan fingerprint density at radius 2 is 2.00 bits per heavy atom. The fourth-order valence-electron chi connectivity index (χ4n) is 1.85. The predicted molar refractivity (Wildman–Crippen MR) is 84.0 cm³/mol. The Morgan fingerprint density at radius 1 is 1.16 bits per heavy atom. The molecule has 0 unspecified atom stereocenters. The van der Waals surface area contributed by atoms with Crippen LogP contribution in [0, 0.1) is 0 Å². The van der Waals surface area contributed by atoms with Crippen LogP contribution >= 0.6 is 15.9 Å². The van der Waals surface area contributed by atoms with Crippen molar-refractivity contribution >= 4 is 27.3 Å². The molecule has 0 aliphatic heterocycles. The lowest BCUT2D eigenvalue weighted by molar-refractivity contribution is 0.416. The van der Waals surface area contributed by atoms with Crippen molar-refractivity contribution in [3.05, 3.63) is 52.5 Å². The number of anilines is 2. The molecule has 0 saturated carbocycles. The van der Waals surface area contributed by atoms with Gasteiger partial charge in [-0.25, -0.2) is 0 Å². The van der Waals surface area contributed by atoms with Gasteiger partial charge in [0.15, 0.2) is 0 Å². The first-order chi connectivity index (χ1) is 9.22. The molecule has 2 N–H and O–H groups in total. The number of halogens is 1. The SMILES string of the molecule is CNc1cccc(CNc2cc(Br)ccc2OC)c1. The van der Waals surface area contributed by atoms with E-state index in [0.717, 1.165) is 28.1 Å². The number of hydrogen-bond donors (Lipinski definition) is 2. The Hall–Kier alpha value is -1.68. The fraction of sp³-hybridized carbons (Fsp3) is 0.200. The lowest BCUT2D eigenvalue weighted by Crippen LogP contribution is -2.02. The second kappa shape index (κ2) is 6.48. The van der Waals surface area contributed by atoms with Crippen molar-refractivity contribution in [3.63, 3.8) is 0 Å². The van der Waals surface area contributed by atoms with E-state index >= 15 is 0 Å². The van der Waals surface area contributed by atoms with Crippen LogP contribution in [0.3, 0.4) is 0 Å². The van der Waals surface area contributed by atoms with Gasteiger partial charge in [0.05, 0.1) is 12.8 Å². The minimum absolute atomic E-state index is 0.752. The first kappa shape index (κ1) is 13.7. The van der Waals surface area contributed by atoms with Gasteiger partial charge in [-0.15, -0.1) is 0 Å². The molecule has 0 fully saturated rings. The van der Waals surface area contributed by atoms with E-state index in [0.29, 0.717) is 0 Å². The van der Waals surface area contributed by atoms with Crippen molar-refractivity contribution in [1.29, 1.82) is 0 Å². The maximum atomic E-state index is 5.34. The van der Waals surface area contributed by atoms with Crippen molar-refractivity contribution in [3.8, 4) is 5.75 Å². The summed E-state index contributed by atoms with van der Waals surface area (Å²) >= 11 is 3.47. The predicted octanol–water partition coefficient (Wildman–Crippen LogP) is 4.11. The fourth-order valence-corrected chi connectivity index (χ4v) is 2.21. The Morgan fingerprint density at radius 3 is 2.74 bits per heavy atom. The maximum absolute atomic E-state index is 5.34. The highest BCUT2D eigenvalue weighted by Crippen LogP contribution is 2.28. The third-order valence-corrected chi connectivity index (χ3v) is 3.35. The van der Waals surface area contributed by atoms with Gasteiger partial charge in [0.25, 0.3) is 0 Å². The summed E-state index contributed by atoms with van der Waals surface area (Å²) in [5.41, 5.74) is 3.31. The molecular weight excluding hydrogens is 304 g/mol. The van der Waals surface area contributed by atoms with Gasteiger partial charge in [0.1, 0.15) is 5.75 Å². The molecule has 0 saturated heterocycles. The summed E-state index contributed by atoms with van der Waals surface area (Å²) < 4.78 is 6.37. The smallest absolute Gasteiger partial charge is 0.142 e. The van der Waals surface area contributed by atoms with Crippen molar-refractivity contribution in [2.45, 2.75) is 6.54 Å². The maximum Gasteiger partial charge on any atom is 0.142 e. The summed E-state index contributed by atoms with van der Waals surface area (Å²) in [7, 11) is 3.60. The summed E-state index contributed by atoms with van der Waals surface area (Å²) in [4.78, 5) is 0. The van der Waals surface area contributed by atoms with Crippen LogP contribution in [-0.4, -0.2) is 14.2 Å². The Kier molecular flexibility index (Phi) is 4.68. The van der Waals surface area contributed by atoms with Crippen LogP contribution in [0.2, 0.25) is 0 Å². The molecule has 100 valence electrons. The minimum atomic E-state index is 0.752. The number of ether oxygens (including phenoxy) is 1. The van der Waals surface area contributed by atoms with Crippen LogP contribution in [0.1, 0.15) is 5.56 Å². The summed E-state index contributed by atoms with van der Waals surface area (Å²) in [6.45, 7) is 0.752. The van der Waals surface area contributed by atoms with E-state index in [1.807, 2.05) is 37.4 Å². The highest BCUT2D eigenvalue weighted by atomic mass is 79.9. The summed E-state index contributed by atoms with van der Waals surface area (Å²) in [5.74, 6) is 0.841. The third-order valence-electron chi connectivity index (χ3n) is 2.86. The topological polar surface area (TPSA) is 33.3 Å². The quantitative estimate of drug-likeness (QED) is 0.869. The first-order valence-corrected chi connectivity index (χ1v) is 6.86. The molecule has 0 amide bonds. The van der Waals surface area contributed by atoms with E-state index in [1.54, 1.807) is 7.11 Å². The molecule has 0 bridgehead atoms. The minimum Gasteiger partial charge on any atom is -0.495 e. The molecule has 0 aliphatic carbocycles. The lowest BCUT2D eigenvalue weighted by Gasteiger charge is -2.12. The Labute approximate surface area is 122 Å². The van der Waals surface area contributed by atoms with Crippen LogP contribution < -0.4 is 15.4 Å². The molecule has 19 heavy (non-hydrogen) atoms. The van der Waals surface area contributed by atoms with E-state index in [2.05, 4.69) is 38.7 Å². The zero-order valence-corrected chi connectivity index (χ0v) is 12.6. The second-order valence-electron chi connectivity index (χ2n) is 4.15. The standard InChI is InChI=1S/C15H17BrN2O/c1-17-13-5-3-4-11(8-13)10-18-14-9-12(16)6-7-15(14)19-2/h3-9,17-18H,10H2,1-2H3. The number of methoxy groups -OCH3 is 1. The summed E-state index contributed by atoms with van der Waals surface area (Å²) in [6, 6.07) is 14.2. The van der Waals surface area contributed by atoms with Crippen molar-refractivity contribution in [1.82, 2.24) is 0 Å². The largest absolute Gasteiger partial charge is 0.495 e. The van der Waals surface area contributed by atoms with Crippen molar-refractivity contribution < 1.29 is 4.74 Å². The number of hydrogen-bond acceptors (Lipinski definition) is 3. The average molecular weight is 321 g/mol. The highest BCUT2D eigenvalue weighted by molar-refractivity contribution is 9.10. The molecule has 0 aliphatic rings. The van der Waals surface area contributed by atoms with Gasteiger partial charge in [-0.3, -0.25) is 0 Å². The van der Waals surface area contributed by atoms with Crippen LogP contribution in [0.5, 0.6) is 5.75 Å². The Bertz CT molecular complexity index is 558. The van der Waals surface area contributed by atoms with Gasteiger partial charge >= 0.3 is 0 Å². The van der Waals surface area contributed by atoms with Gasteiger partial charge in [0.2, 0.25) is 0 Å². The van der Waals surface area contributed by atoms with E-state index in [-0.39, 0.29) is 0 Å². The van der Waals surface area contributed by atoms with Crippen LogP contribution in [-0.2, 0) is 6.54 Å². The van der Waals surface area contributed by atoms with Gasteiger partial charge in [-0.2, -0.15) is 0 Å². The van der Waals surface area contributed by atoms with Gasteiger partial charge in [-0.1, -0.05) is 28.1 Å². The van der Waals surface area contributed by atoms with Gasteiger partial charge in [-0.05, 0) is 35.9 Å². The van der Waals surface area contributed by atoms with Crippen LogP contribution in [0.25, 0.3) is 0 Å². The summed E-state index contributed by atoms with van der Waals surface area (Å²) in [5, 5.41) is 6.53. The molecule has 0 spiro atoms. The molecule has 2 aromatic carbocycles. The van der Waals surface area contributed by atoms with Gasteiger partial charge in [0, 0.05) is 23.8 Å². The van der Waals surface area contributed by atoms with Gasteiger partial charge < -0.3 is 15.4 Å². The third kappa shape index (κ3) is 3.64. The molecule has 4 heteroatoms. The van der Waals surface area contributed by atoms with E-state index in [4.69, 9.17) is 4.74 Å². The zero-order valence-electron chi connectivity index (χ0n) is 11.0. The molecular formula is C15H17BrN2O. The molecule has 0 heterocycles. The Balaban J connectivity index is 2.11.